The van der Waals surface area contributed by atoms with Gasteiger partial charge in [-0.15, -0.1) is 0 Å². The maximum atomic E-state index is 6.68. The van der Waals surface area contributed by atoms with Crippen molar-refractivity contribution < 1.29 is 4.74 Å². The molecule has 5 heterocycles. The fourth-order valence-corrected chi connectivity index (χ4v) is 8.39. The highest BCUT2D eigenvalue weighted by Gasteiger charge is 2.31. The van der Waals surface area contributed by atoms with Crippen LogP contribution in [-0.2, 0) is 18.3 Å². The highest BCUT2D eigenvalue weighted by molar-refractivity contribution is 6.09. The molecule has 52 heavy (non-hydrogen) atoms. The first kappa shape index (κ1) is 30.5. The summed E-state index contributed by atoms with van der Waals surface area (Å²) in [7, 11) is 0. The zero-order chi connectivity index (χ0) is 34.8. The molecule has 2 aromatic heterocycles. The summed E-state index contributed by atoms with van der Waals surface area (Å²) in [5.74, 6) is 2.48. The van der Waals surface area contributed by atoms with Crippen LogP contribution in [0.3, 0.4) is 0 Å². The summed E-state index contributed by atoms with van der Waals surface area (Å²) in [6.07, 6.45) is 3.88. The Morgan fingerprint density at radius 3 is 2.12 bits per heavy atom. The SMILES string of the molecule is CC(C)(c1ccccc1)c1cc2ncc1CCc1ccccc1N1CN(c3cccc(c3)Oc3ccc4c5ccccc5n-2c4c3)c2ccccc21. The van der Waals surface area contributed by atoms with E-state index in [4.69, 9.17) is 9.72 Å². The molecule has 0 radical (unpaired) electrons. The molecule has 0 unspecified atom stereocenters. The number of benzene rings is 6. The van der Waals surface area contributed by atoms with Gasteiger partial charge in [0, 0.05) is 45.9 Å². The van der Waals surface area contributed by atoms with Crippen molar-refractivity contribution in [3.05, 3.63) is 180 Å². The van der Waals surface area contributed by atoms with E-state index in [9.17, 15) is 0 Å². The Morgan fingerprint density at radius 2 is 1.25 bits per heavy atom. The summed E-state index contributed by atoms with van der Waals surface area (Å²) >= 11 is 0. The van der Waals surface area contributed by atoms with Crippen LogP contribution in [0.5, 0.6) is 11.5 Å². The van der Waals surface area contributed by atoms with Crippen molar-refractivity contribution in [2.45, 2.75) is 32.1 Å². The molecule has 0 amide bonds. The summed E-state index contributed by atoms with van der Waals surface area (Å²) in [4.78, 5) is 10.1. The monoisotopic (exact) mass is 674 g/mol. The molecule has 0 fully saturated rings. The van der Waals surface area contributed by atoms with Crippen LogP contribution >= 0.6 is 0 Å². The first-order valence-corrected chi connectivity index (χ1v) is 18.1. The molecule has 8 bridgehead atoms. The lowest BCUT2D eigenvalue weighted by Gasteiger charge is -2.29. The predicted molar refractivity (Wildman–Crippen MR) is 213 cm³/mol. The van der Waals surface area contributed by atoms with Crippen LogP contribution in [0.25, 0.3) is 27.6 Å². The highest BCUT2D eigenvalue weighted by atomic mass is 16.5. The average molecular weight is 675 g/mol. The van der Waals surface area contributed by atoms with Gasteiger partial charge in [-0.25, -0.2) is 4.98 Å². The Balaban J connectivity index is 1.22. The number of fused-ring (bicyclic) bond motifs is 6. The van der Waals surface area contributed by atoms with E-state index in [2.05, 4.69) is 180 Å². The van der Waals surface area contributed by atoms with Crippen LogP contribution < -0.4 is 14.5 Å². The number of pyridine rings is 1. The fraction of sp³-hybridized carbons (Fsp3) is 0.128. The number of nitrogens with zero attached hydrogens (tertiary/aromatic N) is 4. The highest BCUT2D eigenvalue weighted by Crippen LogP contribution is 2.46. The number of hydrogen-bond donors (Lipinski definition) is 0. The molecule has 3 aliphatic rings. The molecule has 0 aliphatic carbocycles. The Hall–Kier alpha value is -6.33. The zero-order valence-corrected chi connectivity index (χ0v) is 29.3. The lowest BCUT2D eigenvalue weighted by molar-refractivity contribution is 0.483. The summed E-state index contributed by atoms with van der Waals surface area (Å²) in [6, 6.07) is 54.3. The quantitative estimate of drug-likeness (QED) is 0.183. The summed E-state index contributed by atoms with van der Waals surface area (Å²) in [5, 5.41) is 2.36. The minimum absolute atomic E-state index is 0.266. The smallest absolute Gasteiger partial charge is 0.137 e. The molecular weight excluding hydrogens is 637 g/mol. The minimum Gasteiger partial charge on any atom is -0.457 e. The van der Waals surface area contributed by atoms with Crippen LogP contribution in [0.1, 0.15) is 36.1 Å². The first-order valence-electron chi connectivity index (χ1n) is 18.1. The van der Waals surface area contributed by atoms with Crippen LogP contribution in [0.2, 0.25) is 0 Å². The number of para-hydroxylation sites is 4. The molecule has 0 spiro atoms. The van der Waals surface area contributed by atoms with Gasteiger partial charge in [0.1, 0.15) is 24.0 Å². The normalized spacial score (nSPS) is 13.8. The van der Waals surface area contributed by atoms with Crippen molar-refractivity contribution in [3.8, 4) is 17.3 Å². The molecule has 5 heteroatoms. The average Bonchev–Trinajstić information content (AvgIpc) is 3.73. The number of hydrogen-bond acceptors (Lipinski definition) is 4. The second-order valence-corrected chi connectivity index (χ2v) is 14.4. The van der Waals surface area contributed by atoms with Gasteiger partial charge in [-0.2, -0.15) is 0 Å². The number of aryl methyl sites for hydroxylation is 2. The fourth-order valence-electron chi connectivity index (χ4n) is 8.39. The van der Waals surface area contributed by atoms with E-state index >= 15 is 0 Å². The van der Waals surface area contributed by atoms with Crippen molar-refractivity contribution in [3.63, 3.8) is 0 Å². The molecule has 0 N–H and O–H groups in total. The Kier molecular flexibility index (Phi) is 6.97. The number of rotatable bonds is 2. The van der Waals surface area contributed by atoms with Gasteiger partial charge in [0.2, 0.25) is 0 Å². The van der Waals surface area contributed by atoms with E-state index in [-0.39, 0.29) is 5.41 Å². The number of anilines is 4. The number of aromatic nitrogens is 2. The van der Waals surface area contributed by atoms with Gasteiger partial charge < -0.3 is 14.5 Å². The zero-order valence-electron chi connectivity index (χ0n) is 29.3. The molecule has 3 aliphatic heterocycles. The van der Waals surface area contributed by atoms with E-state index in [0.717, 1.165) is 46.9 Å². The lowest BCUT2D eigenvalue weighted by atomic mass is 9.75. The third-order valence-corrected chi connectivity index (χ3v) is 11.1. The third-order valence-electron chi connectivity index (χ3n) is 11.1. The summed E-state index contributed by atoms with van der Waals surface area (Å²) in [6.45, 7) is 5.39. The van der Waals surface area contributed by atoms with Crippen molar-refractivity contribution in [1.29, 1.82) is 0 Å². The number of ether oxygens (including phenoxy) is 1. The van der Waals surface area contributed by atoms with Crippen molar-refractivity contribution in [2.24, 2.45) is 0 Å². The van der Waals surface area contributed by atoms with Gasteiger partial charge in [-0.05, 0) is 89.7 Å². The van der Waals surface area contributed by atoms with Crippen LogP contribution in [0.4, 0.5) is 22.7 Å². The molecular formula is C47H38N4O. The van der Waals surface area contributed by atoms with Crippen molar-refractivity contribution in [2.75, 3.05) is 16.5 Å². The van der Waals surface area contributed by atoms with Gasteiger partial charge >= 0.3 is 0 Å². The van der Waals surface area contributed by atoms with Crippen molar-refractivity contribution in [1.82, 2.24) is 9.55 Å². The largest absolute Gasteiger partial charge is 0.457 e. The van der Waals surface area contributed by atoms with Crippen LogP contribution in [-0.4, -0.2) is 16.2 Å². The van der Waals surface area contributed by atoms with Gasteiger partial charge in [-0.3, -0.25) is 4.57 Å². The molecule has 11 rings (SSSR count). The van der Waals surface area contributed by atoms with E-state index in [0.29, 0.717) is 6.67 Å². The summed E-state index contributed by atoms with van der Waals surface area (Å²) in [5.41, 5.74) is 11.8. The van der Waals surface area contributed by atoms with Gasteiger partial charge in [-0.1, -0.05) is 98.8 Å². The van der Waals surface area contributed by atoms with Gasteiger partial charge in [0.05, 0.1) is 22.4 Å². The Morgan fingerprint density at radius 1 is 0.558 bits per heavy atom. The maximum absolute atomic E-state index is 6.68. The second-order valence-electron chi connectivity index (χ2n) is 14.4. The minimum atomic E-state index is -0.266. The van der Waals surface area contributed by atoms with Crippen LogP contribution in [0.15, 0.2) is 158 Å². The Bertz CT molecular complexity index is 2640. The maximum Gasteiger partial charge on any atom is 0.137 e. The molecule has 6 aromatic carbocycles. The molecule has 8 aromatic rings. The van der Waals surface area contributed by atoms with Gasteiger partial charge in [0.15, 0.2) is 0 Å². The van der Waals surface area contributed by atoms with E-state index in [1.807, 2.05) is 6.07 Å². The van der Waals surface area contributed by atoms with Crippen LogP contribution in [0, 0.1) is 0 Å². The summed E-state index contributed by atoms with van der Waals surface area (Å²) < 4.78 is 8.99. The Labute approximate surface area is 304 Å². The van der Waals surface area contributed by atoms with E-state index in [1.54, 1.807) is 0 Å². The van der Waals surface area contributed by atoms with E-state index in [1.165, 1.54) is 50.1 Å². The molecule has 5 nitrogen and oxygen atoms in total. The second kappa shape index (κ2) is 11.9. The molecule has 0 saturated heterocycles. The topological polar surface area (TPSA) is 33.5 Å². The third kappa shape index (κ3) is 4.88. The standard InChI is InChI=1S/C47H38N4O/c1-47(2,34-14-4-3-5-15-34)40-29-46-48-30-33(40)24-23-32-13-6-8-19-41(32)50-31-49(43-21-10-11-22-44(43)50)35-16-12-17-36(27-35)52-37-25-26-39-38-18-7-9-20-42(38)51(46)45(39)28-37/h3-22,25-30H,23-24,31H2,1-2H3. The first-order chi connectivity index (χ1) is 25.5. The molecule has 0 atom stereocenters. The molecule has 252 valence electrons. The lowest BCUT2D eigenvalue weighted by Crippen LogP contribution is -2.25. The van der Waals surface area contributed by atoms with E-state index < -0.39 is 0 Å². The van der Waals surface area contributed by atoms with Crippen molar-refractivity contribution >= 4 is 44.6 Å². The predicted octanol–water partition coefficient (Wildman–Crippen LogP) is 11.6. The van der Waals surface area contributed by atoms with Gasteiger partial charge in [0.25, 0.3) is 0 Å². The molecule has 0 saturated carbocycles.